The van der Waals surface area contributed by atoms with E-state index in [1.807, 2.05) is 50.2 Å². The third-order valence-electron chi connectivity index (χ3n) is 7.32. The number of nitrogens with zero attached hydrogens (tertiary/aromatic N) is 2. The normalized spacial score (nSPS) is 12.6. The molecule has 0 bridgehead atoms. The number of amides is 2. The van der Waals surface area contributed by atoms with Crippen LogP contribution in [0.2, 0.25) is 0 Å². The molecule has 3 aromatic carbocycles. The molecule has 0 aliphatic heterocycles. The van der Waals surface area contributed by atoms with E-state index in [0.717, 1.165) is 18.4 Å². The van der Waals surface area contributed by atoms with Gasteiger partial charge in [-0.1, -0.05) is 87.4 Å². The second-order valence-corrected chi connectivity index (χ2v) is 12.9. The lowest BCUT2D eigenvalue weighted by atomic mass is 9.99. The van der Waals surface area contributed by atoms with E-state index in [9.17, 15) is 23.1 Å². The highest BCUT2D eigenvalue weighted by atomic mass is 32.2. The predicted molar refractivity (Wildman–Crippen MR) is 182 cm³/mol. The monoisotopic (exact) mass is 646 g/mol. The van der Waals surface area contributed by atoms with Crippen LogP contribution in [0, 0.1) is 11.8 Å². The van der Waals surface area contributed by atoms with E-state index >= 15 is 0 Å². The molecule has 0 radical (unpaired) electrons. The molecule has 0 aliphatic rings. The van der Waals surface area contributed by atoms with Gasteiger partial charge in [-0.25, -0.2) is 13.4 Å². The summed E-state index contributed by atoms with van der Waals surface area (Å²) in [4.78, 5) is 31.6. The van der Waals surface area contributed by atoms with E-state index in [1.54, 1.807) is 61.2 Å². The Kier molecular flexibility index (Phi) is 14.4. The summed E-state index contributed by atoms with van der Waals surface area (Å²) in [5, 5.41) is 15.8. The average Bonchev–Trinajstić information content (AvgIpc) is 3.04. The topological polar surface area (TPSA) is 119 Å². The van der Waals surface area contributed by atoms with Gasteiger partial charge >= 0.3 is 0 Å². The third-order valence-corrected chi connectivity index (χ3v) is 8.57. The summed E-state index contributed by atoms with van der Waals surface area (Å²) >= 11 is 0. The molecule has 46 heavy (non-hydrogen) atoms. The van der Waals surface area contributed by atoms with E-state index in [4.69, 9.17) is 0 Å². The van der Waals surface area contributed by atoms with Crippen molar-refractivity contribution < 1.29 is 23.1 Å². The van der Waals surface area contributed by atoms with E-state index < -0.39 is 28.1 Å². The van der Waals surface area contributed by atoms with Crippen molar-refractivity contribution >= 4 is 21.8 Å². The molecule has 0 heterocycles. The number of carbonyl (C=O) groups is 2. The zero-order valence-electron chi connectivity index (χ0n) is 27.2. The molecule has 0 saturated heterocycles. The standard InChI is InChI=1S/C36H46N4O5S/c1-5-15-30-22-31(25-32(23-30)36(43)39(20-6-2)21-7-3)35(42)37-33(24-28-16-11-9-12-17-28)34(41)26-40(8-4)38-46(44,45)27-29-18-13-10-14-19-29/h9-14,16-19,22-23,25,33-34,38,41H,6-8,20-21,24,26-27H2,1-4H3,(H,37,42). The second-order valence-electron chi connectivity index (χ2n) is 11.2. The molecule has 0 aromatic heterocycles. The van der Waals surface area contributed by atoms with Crippen LogP contribution >= 0.6 is 0 Å². The Morgan fingerprint density at radius 1 is 0.870 bits per heavy atom. The number of aliphatic hydroxyl groups is 1. The third kappa shape index (κ3) is 11.4. The van der Waals surface area contributed by atoms with Gasteiger partial charge in [-0.15, -0.1) is 10.8 Å². The van der Waals surface area contributed by atoms with Crippen LogP contribution in [-0.2, 0) is 22.2 Å². The number of carbonyl (C=O) groups excluding carboxylic acids is 2. The molecule has 9 nitrogen and oxygen atoms in total. The van der Waals surface area contributed by atoms with Crippen LogP contribution in [0.5, 0.6) is 0 Å². The Balaban J connectivity index is 1.86. The molecular weight excluding hydrogens is 600 g/mol. The molecule has 246 valence electrons. The lowest BCUT2D eigenvalue weighted by Crippen LogP contribution is -2.53. The number of benzene rings is 3. The molecule has 0 aliphatic carbocycles. The molecule has 2 amide bonds. The van der Waals surface area contributed by atoms with Gasteiger partial charge in [-0.3, -0.25) is 9.59 Å². The first-order chi connectivity index (χ1) is 22.1. The number of aliphatic hydroxyl groups excluding tert-OH is 1. The van der Waals surface area contributed by atoms with Gasteiger partial charge in [-0.2, -0.15) is 0 Å². The van der Waals surface area contributed by atoms with Gasteiger partial charge in [-0.05, 0) is 55.5 Å². The molecule has 3 aromatic rings. The van der Waals surface area contributed by atoms with E-state index in [1.165, 1.54) is 5.01 Å². The van der Waals surface area contributed by atoms with Crippen molar-refractivity contribution in [3.8, 4) is 11.8 Å². The minimum atomic E-state index is -3.75. The fourth-order valence-corrected chi connectivity index (χ4v) is 6.44. The molecule has 2 unspecified atom stereocenters. The largest absolute Gasteiger partial charge is 0.390 e. The van der Waals surface area contributed by atoms with Gasteiger partial charge < -0.3 is 15.3 Å². The molecule has 2 atom stereocenters. The predicted octanol–water partition coefficient (Wildman–Crippen LogP) is 4.38. The number of hydrogen-bond acceptors (Lipinski definition) is 6. The first-order valence-corrected chi connectivity index (χ1v) is 17.4. The molecule has 3 rings (SSSR count). The number of nitrogens with one attached hydrogen (secondary N) is 2. The summed E-state index contributed by atoms with van der Waals surface area (Å²) in [5.74, 6) is 4.96. The molecule has 10 heteroatoms. The van der Waals surface area contributed by atoms with Crippen LogP contribution < -0.4 is 10.1 Å². The summed E-state index contributed by atoms with van der Waals surface area (Å²) in [6, 6.07) is 22.4. The quantitative estimate of drug-likeness (QED) is 0.148. The zero-order valence-corrected chi connectivity index (χ0v) is 28.0. The van der Waals surface area contributed by atoms with Crippen molar-refractivity contribution in [3.05, 3.63) is 107 Å². The molecule has 3 N–H and O–H groups in total. The lowest BCUT2D eigenvalue weighted by Gasteiger charge is -2.30. The smallest absolute Gasteiger partial charge is 0.253 e. The Morgan fingerprint density at radius 2 is 1.46 bits per heavy atom. The Bertz CT molecular complexity index is 1580. The maximum Gasteiger partial charge on any atom is 0.253 e. The van der Waals surface area contributed by atoms with E-state index in [2.05, 4.69) is 22.0 Å². The van der Waals surface area contributed by atoms with Crippen LogP contribution in [0.1, 0.15) is 77.9 Å². The minimum Gasteiger partial charge on any atom is -0.390 e. The van der Waals surface area contributed by atoms with Gasteiger partial charge in [0.1, 0.15) is 0 Å². The average molecular weight is 647 g/mol. The zero-order chi connectivity index (χ0) is 33.5. The van der Waals surface area contributed by atoms with Crippen LogP contribution in [0.15, 0.2) is 78.9 Å². The first-order valence-electron chi connectivity index (χ1n) is 15.8. The first kappa shape index (κ1) is 36.5. The SMILES string of the molecule is CC#Cc1cc(C(=O)NC(Cc2ccccc2)C(O)CN(CC)NS(=O)(=O)Cc2ccccc2)cc(C(=O)N(CCC)CCC)c1. The highest BCUT2D eigenvalue weighted by molar-refractivity contribution is 7.88. The summed E-state index contributed by atoms with van der Waals surface area (Å²) in [5.41, 5.74) is 2.68. The van der Waals surface area contributed by atoms with Crippen molar-refractivity contribution in [3.63, 3.8) is 0 Å². The molecular formula is C36H46N4O5S. The van der Waals surface area contributed by atoms with Gasteiger partial charge in [0.05, 0.1) is 17.9 Å². The number of sulfonamides is 1. The van der Waals surface area contributed by atoms with Crippen molar-refractivity contribution in [1.29, 1.82) is 0 Å². The number of hydrazine groups is 1. The van der Waals surface area contributed by atoms with Crippen molar-refractivity contribution in [2.45, 2.75) is 64.9 Å². The van der Waals surface area contributed by atoms with Crippen LogP contribution in [-0.4, -0.2) is 73.6 Å². The Labute approximate surface area is 274 Å². The van der Waals surface area contributed by atoms with Crippen LogP contribution in [0.25, 0.3) is 0 Å². The summed E-state index contributed by atoms with van der Waals surface area (Å²) < 4.78 is 25.9. The Hall–Kier alpha value is -4.01. The fraction of sp³-hybridized carbons (Fsp3) is 0.389. The fourth-order valence-electron chi connectivity index (χ4n) is 5.15. The second kappa shape index (κ2) is 18.2. The lowest BCUT2D eigenvalue weighted by molar-refractivity contribution is 0.0635. The van der Waals surface area contributed by atoms with Crippen molar-refractivity contribution in [2.24, 2.45) is 0 Å². The molecule has 0 saturated carbocycles. The van der Waals surface area contributed by atoms with Crippen LogP contribution in [0.4, 0.5) is 0 Å². The van der Waals surface area contributed by atoms with Gasteiger partial charge in [0.25, 0.3) is 11.8 Å². The number of likely N-dealkylation sites (N-methyl/N-ethyl adjacent to an activating group) is 1. The highest BCUT2D eigenvalue weighted by Crippen LogP contribution is 2.16. The Morgan fingerprint density at radius 3 is 2.02 bits per heavy atom. The maximum atomic E-state index is 13.8. The summed E-state index contributed by atoms with van der Waals surface area (Å²) in [6.07, 6.45) is 0.768. The van der Waals surface area contributed by atoms with Crippen LogP contribution in [0.3, 0.4) is 0 Å². The highest BCUT2D eigenvalue weighted by Gasteiger charge is 2.27. The molecule has 0 fully saturated rings. The van der Waals surface area contributed by atoms with E-state index in [0.29, 0.717) is 36.2 Å². The maximum absolute atomic E-state index is 13.8. The van der Waals surface area contributed by atoms with Gasteiger partial charge in [0.15, 0.2) is 0 Å². The van der Waals surface area contributed by atoms with Gasteiger partial charge in [0.2, 0.25) is 10.0 Å². The number of hydrogen-bond donors (Lipinski definition) is 3. The number of rotatable bonds is 17. The van der Waals surface area contributed by atoms with Crippen molar-refractivity contribution in [1.82, 2.24) is 20.1 Å². The molecule has 0 spiro atoms. The summed E-state index contributed by atoms with van der Waals surface area (Å²) in [7, 11) is -3.75. The van der Waals surface area contributed by atoms with E-state index in [-0.39, 0.29) is 30.3 Å². The van der Waals surface area contributed by atoms with Crippen molar-refractivity contribution in [2.75, 3.05) is 26.2 Å². The van der Waals surface area contributed by atoms with Gasteiger partial charge in [0, 0.05) is 42.9 Å². The summed E-state index contributed by atoms with van der Waals surface area (Å²) in [6.45, 7) is 8.91. The minimum absolute atomic E-state index is 0.0730.